The summed E-state index contributed by atoms with van der Waals surface area (Å²) >= 11 is 0. The highest BCUT2D eigenvalue weighted by Crippen LogP contribution is 2.31. The van der Waals surface area contributed by atoms with Crippen LogP contribution >= 0.6 is 0 Å². The summed E-state index contributed by atoms with van der Waals surface area (Å²) in [6.07, 6.45) is -2.92. The maximum Gasteiger partial charge on any atom is 0.573 e. The average molecular weight is 407 g/mol. The van der Waals surface area contributed by atoms with E-state index in [1.165, 1.54) is 22.8 Å². The second kappa shape index (κ2) is 7.57. The van der Waals surface area contributed by atoms with Gasteiger partial charge in [-0.25, -0.2) is 4.52 Å². The van der Waals surface area contributed by atoms with Crippen molar-refractivity contribution >= 4 is 5.52 Å². The van der Waals surface area contributed by atoms with E-state index in [9.17, 15) is 18.0 Å². The fraction of sp³-hybridized carbons (Fsp3) is 0.429. The Morgan fingerprint density at radius 1 is 1.14 bits per heavy atom. The highest BCUT2D eigenvalue weighted by Gasteiger charge is 2.31. The van der Waals surface area contributed by atoms with Gasteiger partial charge in [0.1, 0.15) is 11.3 Å². The number of benzene rings is 1. The lowest BCUT2D eigenvalue weighted by Crippen LogP contribution is -2.24. The number of nitrogens with zero attached hydrogens (tertiary/aromatic N) is 3. The lowest BCUT2D eigenvalue weighted by molar-refractivity contribution is -0.274. The molecule has 2 aromatic heterocycles. The van der Waals surface area contributed by atoms with Crippen molar-refractivity contribution in [2.45, 2.75) is 52.8 Å². The molecule has 0 aliphatic rings. The molecule has 0 spiro atoms. The van der Waals surface area contributed by atoms with Crippen molar-refractivity contribution in [1.82, 2.24) is 14.2 Å². The van der Waals surface area contributed by atoms with E-state index in [1.54, 1.807) is 18.5 Å². The van der Waals surface area contributed by atoms with E-state index in [4.69, 9.17) is 0 Å². The first-order valence-electron chi connectivity index (χ1n) is 9.53. The molecule has 0 amide bonds. The van der Waals surface area contributed by atoms with Crippen molar-refractivity contribution in [3.63, 3.8) is 0 Å². The molecule has 29 heavy (non-hydrogen) atoms. The molecule has 0 aliphatic heterocycles. The molecule has 0 fully saturated rings. The molecule has 0 radical (unpaired) electrons. The summed E-state index contributed by atoms with van der Waals surface area (Å²) in [5.74, 6) is 0.339. The lowest BCUT2D eigenvalue weighted by Gasteiger charge is -2.15. The van der Waals surface area contributed by atoms with Crippen LogP contribution < -0.4 is 10.3 Å². The van der Waals surface area contributed by atoms with Crippen LogP contribution in [0.15, 0.2) is 29.1 Å². The van der Waals surface area contributed by atoms with Crippen molar-refractivity contribution in [1.29, 1.82) is 0 Å². The predicted octanol–water partition coefficient (Wildman–Crippen LogP) is 5.12. The largest absolute Gasteiger partial charge is 0.573 e. The molecule has 0 bridgehead atoms. The molecule has 5 nitrogen and oxygen atoms in total. The Bertz CT molecular complexity index is 1110. The molecule has 3 rings (SSSR count). The predicted molar refractivity (Wildman–Crippen MR) is 105 cm³/mol. The Morgan fingerprint density at radius 2 is 1.79 bits per heavy atom. The van der Waals surface area contributed by atoms with Crippen LogP contribution in [-0.2, 0) is 7.05 Å². The number of ether oxygens (including phenoxy) is 1. The van der Waals surface area contributed by atoms with Gasteiger partial charge in [-0.2, -0.15) is 0 Å². The van der Waals surface area contributed by atoms with E-state index in [0.29, 0.717) is 22.5 Å². The lowest BCUT2D eigenvalue weighted by atomic mass is 9.95. The van der Waals surface area contributed by atoms with E-state index in [0.717, 1.165) is 24.1 Å². The van der Waals surface area contributed by atoms with Gasteiger partial charge in [0.05, 0.1) is 0 Å². The Labute approximate surface area is 166 Å². The van der Waals surface area contributed by atoms with Crippen molar-refractivity contribution in [2.24, 2.45) is 7.05 Å². The summed E-state index contributed by atoms with van der Waals surface area (Å²) < 4.78 is 44.5. The number of halogens is 3. The number of fused-ring (bicyclic) bond motifs is 1. The second-order valence-corrected chi connectivity index (χ2v) is 7.23. The summed E-state index contributed by atoms with van der Waals surface area (Å²) in [5.41, 5.74) is 3.29. The molecule has 1 aromatic carbocycles. The molecule has 0 N–H and O–H groups in total. The molecule has 156 valence electrons. The van der Waals surface area contributed by atoms with Crippen LogP contribution in [0.1, 0.15) is 49.4 Å². The number of alkyl halides is 3. The van der Waals surface area contributed by atoms with Gasteiger partial charge in [-0.3, -0.25) is 9.36 Å². The highest BCUT2D eigenvalue weighted by molar-refractivity contribution is 5.64. The summed E-state index contributed by atoms with van der Waals surface area (Å²) in [6, 6.07) is 6.00. The zero-order valence-electron chi connectivity index (χ0n) is 17.1. The quantitative estimate of drug-likeness (QED) is 0.590. The van der Waals surface area contributed by atoms with E-state index < -0.39 is 6.36 Å². The van der Waals surface area contributed by atoms with Gasteiger partial charge in [0, 0.05) is 18.3 Å². The third kappa shape index (κ3) is 3.88. The Morgan fingerprint density at radius 3 is 2.34 bits per heavy atom. The van der Waals surface area contributed by atoms with Crippen LogP contribution in [0, 0.1) is 13.8 Å². The van der Waals surface area contributed by atoms with Crippen LogP contribution in [0.25, 0.3) is 16.9 Å². The van der Waals surface area contributed by atoms with Crippen LogP contribution in [-0.4, -0.2) is 20.5 Å². The van der Waals surface area contributed by atoms with E-state index in [-0.39, 0.29) is 17.2 Å². The third-order valence-electron chi connectivity index (χ3n) is 5.30. The van der Waals surface area contributed by atoms with Crippen LogP contribution in [0.5, 0.6) is 5.75 Å². The van der Waals surface area contributed by atoms with Crippen LogP contribution in [0.3, 0.4) is 0 Å². The van der Waals surface area contributed by atoms with Crippen molar-refractivity contribution in [3.05, 3.63) is 51.4 Å². The van der Waals surface area contributed by atoms with Gasteiger partial charge in [-0.05, 0) is 68.0 Å². The number of hydrogen-bond acceptors (Lipinski definition) is 3. The molecule has 0 atom stereocenters. The molecule has 3 aromatic rings. The normalized spacial score (nSPS) is 12.2. The smallest absolute Gasteiger partial charge is 0.406 e. The molecule has 0 unspecified atom stereocenters. The Balaban J connectivity index is 2.18. The number of aromatic nitrogens is 3. The van der Waals surface area contributed by atoms with Crippen molar-refractivity contribution in [2.75, 3.05) is 0 Å². The number of hydrogen-bond donors (Lipinski definition) is 0. The third-order valence-corrected chi connectivity index (χ3v) is 5.30. The van der Waals surface area contributed by atoms with E-state index in [2.05, 4.69) is 23.7 Å². The number of aryl methyl sites for hydroxylation is 2. The highest BCUT2D eigenvalue weighted by atomic mass is 19.4. The summed E-state index contributed by atoms with van der Waals surface area (Å²) in [6.45, 7) is 7.73. The Kier molecular flexibility index (Phi) is 5.47. The zero-order valence-corrected chi connectivity index (χ0v) is 17.1. The first-order valence-corrected chi connectivity index (χ1v) is 9.53. The second-order valence-electron chi connectivity index (χ2n) is 7.23. The van der Waals surface area contributed by atoms with Gasteiger partial charge in [-0.15, -0.1) is 18.3 Å². The molecule has 2 heterocycles. The van der Waals surface area contributed by atoms with Gasteiger partial charge < -0.3 is 4.74 Å². The molecule has 0 saturated carbocycles. The standard InChI is InChI=1S/C21H24F3N3O2/c1-6-14(7-2)17-11-13(4)27-18(17)20(28)26(5)19(25-27)16-9-8-15(10-12(16)3)29-21(22,23)24/h8-11,14H,6-7H2,1-5H3. The van der Waals surface area contributed by atoms with Gasteiger partial charge >= 0.3 is 6.36 Å². The SMILES string of the molecule is CCC(CC)c1cc(C)n2nc(-c3ccc(OC(F)(F)F)cc3C)n(C)c(=O)c12. The van der Waals surface area contributed by atoms with Crippen molar-refractivity contribution in [3.8, 4) is 17.1 Å². The molecular weight excluding hydrogens is 383 g/mol. The van der Waals surface area contributed by atoms with E-state index >= 15 is 0 Å². The Hall–Kier alpha value is -2.77. The summed E-state index contributed by atoms with van der Waals surface area (Å²) in [4.78, 5) is 13.2. The molecular formula is C21H24F3N3O2. The molecule has 0 aliphatic carbocycles. The molecule has 8 heteroatoms. The van der Waals surface area contributed by atoms with Gasteiger partial charge in [-0.1, -0.05) is 13.8 Å². The fourth-order valence-corrected chi connectivity index (χ4v) is 3.77. The molecule has 0 saturated heterocycles. The van der Waals surface area contributed by atoms with Gasteiger partial charge in [0.15, 0.2) is 5.82 Å². The first kappa shape index (κ1) is 21.0. The maximum atomic E-state index is 13.2. The number of rotatable bonds is 5. The van der Waals surface area contributed by atoms with Crippen LogP contribution in [0.2, 0.25) is 0 Å². The maximum absolute atomic E-state index is 13.2. The zero-order chi connectivity index (χ0) is 21.5. The first-order chi connectivity index (χ1) is 13.6. The fourth-order valence-electron chi connectivity index (χ4n) is 3.77. The van der Waals surface area contributed by atoms with Gasteiger partial charge in [0.25, 0.3) is 5.56 Å². The van der Waals surface area contributed by atoms with Crippen LogP contribution in [0.4, 0.5) is 13.2 Å². The monoisotopic (exact) mass is 407 g/mol. The van der Waals surface area contributed by atoms with Gasteiger partial charge in [0.2, 0.25) is 0 Å². The van der Waals surface area contributed by atoms with Crippen molar-refractivity contribution < 1.29 is 17.9 Å². The summed E-state index contributed by atoms with van der Waals surface area (Å²) in [5, 5.41) is 4.66. The summed E-state index contributed by atoms with van der Waals surface area (Å²) in [7, 11) is 1.63. The van der Waals surface area contributed by atoms with E-state index in [1.807, 2.05) is 13.0 Å². The minimum atomic E-state index is -4.76. The minimum Gasteiger partial charge on any atom is -0.406 e. The average Bonchev–Trinajstić information content (AvgIpc) is 2.95. The minimum absolute atomic E-state index is 0.181. The topological polar surface area (TPSA) is 48.5 Å².